The van der Waals surface area contributed by atoms with E-state index in [2.05, 4.69) is 32.7 Å². The van der Waals surface area contributed by atoms with Crippen molar-refractivity contribution in [1.82, 2.24) is 20.0 Å². The minimum absolute atomic E-state index is 0.186. The molecule has 2 fully saturated rings. The van der Waals surface area contributed by atoms with Crippen LogP contribution in [0.4, 0.5) is 16.2 Å². The van der Waals surface area contributed by atoms with Crippen LogP contribution in [0.25, 0.3) is 0 Å². The maximum absolute atomic E-state index is 13.4. The van der Waals surface area contributed by atoms with Crippen LogP contribution in [0.5, 0.6) is 0 Å². The van der Waals surface area contributed by atoms with Crippen LogP contribution in [0, 0.1) is 11.5 Å². The van der Waals surface area contributed by atoms with Crippen molar-refractivity contribution in [2.75, 3.05) is 38.0 Å². The zero-order chi connectivity index (χ0) is 27.7. The van der Waals surface area contributed by atoms with Crippen molar-refractivity contribution in [1.29, 1.82) is 5.26 Å². The van der Waals surface area contributed by atoms with Crippen LogP contribution in [0.3, 0.4) is 0 Å². The lowest BCUT2D eigenvalue weighted by Gasteiger charge is -2.42. The minimum atomic E-state index is -0.239. The predicted molar refractivity (Wildman–Crippen MR) is 159 cm³/mol. The number of anilines is 1. The highest BCUT2D eigenvalue weighted by atomic mass is 35.5. The summed E-state index contributed by atoms with van der Waals surface area (Å²) in [5, 5.41) is 16.1. The van der Waals surface area contributed by atoms with Crippen molar-refractivity contribution in [2.24, 2.45) is 4.99 Å². The number of halogens is 1. The van der Waals surface area contributed by atoms with Gasteiger partial charge in [0.15, 0.2) is 6.19 Å². The molecule has 1 unspecified atom stereocenters. The molecule has 2 heterocycles. The number of nitrogens with one attached hydrogen (secondary N) is 2. The van der Waals surface area contributed by atoms with Gasteiger partial charge in [0.05, 0.1) is 11.7 Å². The van der Waals surface area contributed by atoms with Gasteiger partial charge in [-0.25, -0.2) is 9.79 Å². The molecule has 2 aliphatic rings. The fourth-order valence-electron chi connectivity index (χ4n) is 5.36. The van der Waals surface area contributed by atoms with Gasteiger partial charge in [0, 0.05) is 36.9 Å². The number of para-hydroxylation sites is 1. The number of hydrogen-bond donors (Lipinski definition) is 2. The van der Waals surface area contributed by atoms with Gasteiger partial charge in [-0.2, -0.15) is 5.26 Å². The maximum Gasteiger partial charge on any atom is 0.322 e. The van der Waals surface area contributed by atoms with E-state index in [0.29, 0.717) is 36.3 Å². The fraction of sp³-hybridized carbons (Fsp3) is 0.323. The minimum Gasteiger partial charge on any atom is -0.338 e. The Labute approximate surface area is 240 Å². The molecule has 0 bridgehead atoms. The molecule has 0 spiro atoms. The number of amides is 2. The van der Waals surface area contributed by atoms with Gasteiger partial charge in [0.1, 0.15) is 0 Å². The fourth-order valence-corrected chi connectivity index (χ4v) is 5.49. The van der Waals surface area contributed by atoms with Gasteiger partial charge in [-0.1, -0.05) is 66.6 Å². The summed E-state index contributed by atoms with van der Waals surface area (Å²) in [6.07, 6.45) is 5.82. The third kappa shape index (κ3) is 6.92. The van der Waals surface area contributed by atoms with Crippen LogP contribution in [0.15, 0.2) is 83.9 Å². The lowest BCUT2D eigenvalue weighted by molar-refractivity contribution is 0.135. The van der Waals surface area contributed by atoms with Crippen LogP contribution in [0.2, 0.25) is 5.02 Å². The number of piperidine rings is 1. The smallest absolute Gasteiger partial charge is 0.322 e. The molecular formula is C31H34ClN7O. The van der Waals surface area contributed by atoms with E-state index in [1.54, 1.807) is 24.3 Å². The van der Waals surface area contributed by atoms with E-state index in [-0.39, 0.29) is 12.1 Å². The Kier molecular flexibility index (Phi) is 9.17. The Bertz CT molecular complexity index is 1350. The Morgan fingerprint density at radius 2 is 1.65 bits per heavy atom. The highest BCUT2D eigenvalue weighted by Gasteiger charge is 2.33. The molecule has 2 saturated heterocycles. The zero-order valence-corrected chi connectivity index (χ0v) is 23.2. The number of piperazine rings is 1. The van der Waals surface area contributed by atoms with E-state index in [4.69, 9.17) is 16.6 Å². The van der Waals surface area contributed by atoms with Crippen LogP contribution >= 0.6 is 11.6 Å². The molecule has 3 aromatic carbocycles. The molecule has 206 valence electrons. The first kappa shape index (κ1) is 27.5. The Balaban J connectivity index is 1.39. The number of guanidine groups is 1. The van der Waals surface area contributed by atoms with Crippen molar-refractivity contribution in [2.45, 2.75) is 31.8 Å². The van der Waals surface area contributed by atoms with Gasteiger partial charge < -0.3 is 15.1 Å². The molecular weight excluding hydrogens is 522 g/mol. The van der Waals surface area contributed by atoms with E-state index in [1.807, 2.05) is 53.4 Å². The van der Waals surface area contributed by atoms with E-state index >= 15 is 0 Å². The van der Waals surface area contributed by atoms with E-state index in [0.717, 1.165) is 36.4 Å². The van der Waals surface area contributed by atoms with Crippen LogP contribution < -0.4 is 10.6 Å². The number of rotatable bonds is 5. The Morgan fingerprint density at radius 1 is 0.925 bits per heavy atom. The SMILES string of the molecule is N#CNC(=Nc1ccccc1CN1CCCCC1)N1CCN(C(=O)Nc2ccc(Cl)cc2)C(c2ccccc2)C1. The molecule has 40 heavy (non-hydrogen) atoms. The molecule has 0 aliphatic carbocycles. The van der Waals surface area contributed by atoms with Gasteiger partial charge in [-0.3, -0.25) is 10.2 Å². The summed E-state index contributed by atoms with van der Waals surface area (Å²) in [5.74, 6) is 0.493. The van der Waals surface area contributed by atoms with Crippen molar-refractivity contribution in [3.8, 4) is 6.19 Å². The molecule has 5 rings (SSSR count). The number of carbonyl (C=O) groups excluding carboxylic acids is 1. The molecule has 2 amide bonds. The second-order valence-electron chi connectivity index (χ2n) is 10.1. The maximum atomic E-state index is 13.4. The normalized spacial score (nSPS) is 18.2. The standard InChI is InChI=1S/C31H34ClN7O/c32-26-13-15-27(16-14-26)35-31(40)39-20-19-38(22-29(39)24-9-3-1-4-10-24)30(34-23-33)36-28-12-6-5-11-25(28)21-37-17-7-2-8-18-37/h1,3-6,9-16,29H,2,7-8,17-22H2,(H,34,36)(H,35,40). The summed E-state index contributed by atoms with van der Waals surface area (Å²) in [6, 6.07) is 24.8. The molecule has 1 atom stereocenters. The second kappa shape index (κ2) is 13.3. The average molecular weight is 556 g/mol. The molecule has 2 aliphatic heterocycles. The number of aliphatic imine (C=N–C) groups is 1. The van der Waals surface area contributed by atoms with Gasteiger partial charge in [0.25, 0.3) is 0 Å². The van der Waals surface area contributed by atoms with Gasteiger partial charge in [-0.15, -0.1) is 0 Å². The Morgan fingerprint density at radius 3 is 2.40 bits per heavy atom. The van der Waals surface area contributed by atoms with Gasteiger partial charge in [-0.05, 0) is 67.4 Å². The van der Waals surface area contributed by atoms with Crippen molar-refractivity contribution >= 4 is 35.0 Å². The summed E-state index contributed by atoms with van der Waals surface area (Å²) < 4.78 is 0. The molecule has 0 radical (unpaired) electrons. The lowest BCUT2D eigenvalue weighted by Crippen LogP contribution is -2.55. The quantitative estimate of drug-likeness (QED) is 0.175. The topological polar surface area (TPSA) is 87.0 Å². The monoisotopic (exact) mass is 555 g/mol. The number of urea groups is 1. The second-order valence-corrected chi connectivity index (χ2v) is 10.6. The number of likely N-dealkylation sites (tertiary alicyclic amines) is 1. The van der Waals surface area contributed by atoms with Crippen LogP contribution in [-0.2, 0) is 6.54 Å². The largest absolute Gasteiger partial charge is 0.338 e. The van der Waals surface area contributed by atoms with Crippen LogP contribution in [0.1, 0.15) is 36.4 Å². The van der Waals surface area contributed by atoms with E-state index in [1.165, 1.54) is 19.3 Å². The summed E-state index contributed by atoms with van der Waals surface area (Å²) in [4.78, 5) is 24.8. The molecule has 2 N–H and O–H groups in total. The van der Waals surface area contributed by atoms with Gasteiger partial charge in [0.2, 0.25) is 5.96 Å². The van der Waals surface area contributed by atoms with E-state index < -0.39 is 0 Å². The van der Waals surface area contributed by atoms with Crippen molar-refractivity contribution in [3.05, 3.63) is 95.0 Å². The Hall–Kier alpha value is -4.06. The first-order valence-electron chi connectivity index (χ1n) is 13.8. The number of carbonyl (C=O) groups is 1. The highest BCUT2D eigenvalue weighted by Crippen LogP contribution is 2.28. The number of nitriles is 1. The molecule has 0 saturated carbocycles. The first-order chi connectivity index (χ1) is 19.6. The summed E-state index contributed by atoms with van der Waals surface area (Å²) >= 11 is 6.02. The predicted octanol–water partition coefficient (Wildman–Crippen LogP) is 5.98. The summed E-state index contributed by atoms with van der Waals surface area (Å²) in [7, 11) is 0. The molecule has 0 aromatic heterocycles. The summed E-state index contributed by atoms with van der Waals surface area (Å²) in [6.45, 7) is 4.50. The first-order valence-corrected chi connectivity index (χ1v) is 14.2. The third-order valence-corrected chi connectivity index (χ3v) is 7.70. The third-order valence-electron chi connectivity index (χ3n) is 7.45. The molecule has 9 heteroatoms. The number of nitrogens with zero attached hydrogens (tertiary/aromatic N) is 5. The zero-order valence-electron chi connectivity index (χ0n) is 22.5. The molecule has 3 aromatic rings. The van der Waals surface area contributed by atoms with Crippen molar-refractivity contribution < 1.29 is 4.79 Å². The van der Waals surface area contributed by atoms with Crippen molar-refractivity contribution in [3.63, 3.8) is 0 Å². The van der Waals surface area contributed by atoms with Gasteiger partial charge >= 0.3 is 6.03 Å². The number of benzene rings is 3. The van der Waals surface area contributed by atoms with E-state index in [9.17, 15) is 10.1 Å². The summed E-state index contributed by atoms with van der Waals surface area (Å²) in [5.41, 5.74) is 3.69. The highest BCUT2D eigenvalue weighted by molar-refractivity contribution is 6.30. The lowest BCUT2D eigenvalue weighted by atomic mass is 10.0. The average Bonchev–Trinajstić information content (AvgIpc) is 3.00. The number of hydrogen-bond acceptors (Lipinski definition) is 4. The molecule has 8 nitrogen and oxygen atoms in total. The van der Waals surface area contributed by atoms with Crippen LogP contribution in [-0.4, -0.2) is 59.4 Å².